The van der Waals surface area contributed by atoms with Crippen LogP contribution in [0.4, 0.5) is 54.8 Å². The Morgan fingerprint density at radius 3 is 2.02 bits per heavy atom. The van der Waals surface area contributed by atoms with Gasteiger partial charge < -0.3 is 14.2 Å². The molecule has 1 aliphatic carbocycles. The van der Waals surface area contributed by atoms with Gasteiger partial charge in [-0.25, -0.2) is 9.59 Å². The minimum atomic E-state index is -5.16. The van der Waals surface area contributed by atoms with Crippen LogP contribution in [0.15, 0.2) is 36.4 Å². The molecule has 1 saturated carbocycles. The molecule has 1 fully saturated rings. The highest BCUT2D eigenvalue weighted by atomic mass is 19.4. The fraction of sp³-hybridized carbons (Fsp3) is 0.481. The fourth-order valence-electron chi connectivity index (χ4n) is 5.19. The maximum absolute atomic E-state index is 13.5. The predicted molar refractivity (Wildman–Crippen MR) is 131 cm³/mol. The number of nitrogens with zero attached hydrogens (tertiary/aromatic N) is 2. The molecule has 0 bridgehead atoms. The Balaban J connectivity index is 1.87. The average Bonchev–Trinajstić information content (AvgIpc) is 3.74. The van der Waals surface area contributed by atoms with Gasteiger partial charge in [-0.2, -0.15) is 26.3 Å². The highest BCUT2D eigenvalue weighted by Gasteiger charge is 2.47. The number of methoxy groups -OCH3 is 1. The van der Waals surface area contributed by atoms with E-state index in [2.05, 4.69) is 4.74 Å². The van der Waals surface area contributed by atoms with Crippen LogP contribution in [0.1, 0.15) is 54.5 Å². The molecule has 0 radical (unpaired) electrons. The molecule has 0 saturated heterocycles. The molecule has 2 aromatic carbocycles. The van der Waals surface area contributed by atoms with E-state index in [0.717, 1.165) is 30.2 Å². The number of ether oxygens (including phenoxy) is 3. The van der Waals surface area contributed by atoms with Crippen LogP contribution in [0.3, 0.4) is 0 Å². The number of alkyl halides is 9. The highest BCUT2D eigenvalue weighted by molar-refractivity contribution is 5.91. The molecule has 0 N–H and O–H groups in total. The number of carbonyl (C=O) groups is 2. The molecule has 2 unspecified atom stereocenters. The van der Waals surface area contributed by atoms with Crippen LogP contribution in [-0.4, -0.2) is 43.2 Å². The molecule has 4 rings (SSSR count). The quantitative estimate of drug-likeness (QED) is 0.303. The lowest BCUT2D eigenvalue weighted by Crippen LogP contribution is -2.49. The third kappa shape index (κ3) is 7.39. The maximum atomic E-state index is 13.5. The molecule has 43 heavy (non-hydrogen) atoms. The molecule has 2 aliphatic rings. The number of benzene rings is 2. The van der Waals surface area contributed by atoms with Gasteiger partial charge in [0.2, 0.25) is 0 Å². The minimum absolute atomic E-state index is 0.0356. The van der Waals surface area contributed by atoms with Crippen LogP contribution < -0.4 is 9.64 Å². The first kappa shape index (κ1) is 32.1. The first-order valence-corrected chi connectivity index (χ1v) is 12.9. The molecular formula is C27H25F9N2O5. The van der Waals surface area contributed by atoms with Gasteiger partial charge in [-0.1, -0.05) is 0 Å². The van der Waals surface area contributed by atoms with E-state index in [1.54, 1.807) is 6.92 Å². The highest BCUT2D eigenvalue weighted by Crippen LogP contribution is 2.50. The molecule has 0 aromatic heterocycles. The molecule has 1 heterocycles. The number of halogens is 9. The summed E-state index contributed by atoms with van der Waals surface area (Å²) in [5.41, 5.74) is -3.84. The summed E-state index contributed by atoms with van der Waals surface area (Å²) >= 11 is 0. The van der Waals surface area contributed by atoms with E-state index in [-0.39, 0.29) is 36.3 Å². The van der Waals surface area contributed by atoms with E-state index >= 15 is 0 Å². The summed E-state index contributed by atoms with van der Waals surface area (Å²) in [6, 6.07) is 1.91. The summed E-state index contributed by atoms with van der Waals surface area (Å²) in [4.78, 5) is 28.1. The van der Waals surface area contributed by atoms with Crippen molar-refractivity contribution < 1.29 is 63.3 Å². The fourth-order valence-corrected chi connectivity index (χ4v) is 5.19. The lowest BCUT2D eigenvalue weighted by molar-refractivity contribution is -0.274. The second-order valence-corrected chi connectivity index (χ2v) is 10.0. The summed E-state index contributed by atoms with van der Waals surface area (Å²) in [5.74, 6) is -0.843. The van der Waals surface area contributed by atoms with E-state index < -0.39 is 72.0 Å². The van der Waals surface area contributed by atoms with Gasteiger partial charge in [0.25, 0.3) is 0 Å². The summed E-state index contributed by atoms with van der Waals surface area (Å²) < 4.78 is 134. The van der Waals surface area contributed by atoms with E-state index in [1.807, 2.05) is 0 Å². The van der Waals surface area contributed by atoms with E-state index in [0.29, 0.717) is 25.0 Å². The molecule has 2 amide bonds. The van der Waals surface area contributed by atoms with Crippen LogP contribution in [0.25, 0.3) is 0 Å². The zero-order valence-corrected chi connectivity index (χ0v) is 22.6. The van der Waals surface area contributed by atoms with Crippen LogP contribution in [0, 0.1) is 5.92 Å². The van der Waals surface area contributed by atoms with Crippen LogP contribution in [0.5, 0.6) is 5.75 Å². The van der Waals surface area contributed by atoms with Gasteiger partial charge in [0, 0.05) is 18.2 Å². The lowest BCUT2D eigenvalue weighted by Gasteiger charge is -2.44. The van der Waals surface area contributed by atoms with Crippen molar-refractivity contribution in [1.82, 2.24) is 4.90 Å². The van der Waals surface area contributed by atoms with Gasteiger partial charge in [0.1, 0.15) is 5.75 Å². The van der Waals surface area contributed by atoms with Crippen LogP contribution in [0.2, 0.25) is 0 Å². The second-order valence-electron chi connectivity index (χ2n) is 10.0. The number of hydrogen-bond donors (Lipinski definition) is 0. The lowest BCUT2D eigenvalue weighted by atomic mass is 9.87. The van der Waals surface area contributed by atoms with E-state index in [4.69, 9.17) is 9.47 Å². The Kier molecular flexibility index (Phi) is 8.71. The molecule has 1 aliphatic heterocycles. The average molecular weight is 628 g/mol. The maximum Gasteiger partial charge on any atom is 0.573 e. The third-order valence-corrected chi connectivity index (χ3v) is 7.06. The van der Waals surface area contributed by atoms with Crippen molar-refractivity contribution in [3.63, 3.8) is 0 Å². The number of carbonyl (C=O) groups excluding carboxylic acids is 2. The van der Waals surface area contributed by atoms with Crippen LogP contribution in [-0.2, 0) is 28.4 Å². The smallest absolute Gasteiger partial charge is 0.453 e. The van der Waals surface area contributed by atoms with Gasteiger partial charge in [-0.3, -0.25) is 9.80 Å². The standard InChI is InChI=1S/C27H25F9N2O5/c1-3-42-24(40)38-20-7-6-18(43-27(34,35)36)11-19(20)22(12-21(38)15-4-5-15)37(23(39)41-2)13-14-8-16(25(28,29)30)10-17(9-14)26(31,32)33/h6-11,15,21-22H,3-5,12-13H2,1-2H3. The molecule has 2 aromatic rings. The molecule has 2 atom stereocenters. The summed E-state index contributed by atoms with van der Waals surface area (Å²) in [6.45, 7) is 0.665. The van der Waals surface area contributed by atoms with Crippen molar-refractivity contribution in [3.05, 3.63) is 58.7 Å². The SMILES string of the molecule is CCOC(=O)N1c2ccc(OC(F)(F)F)cc2C(N(Cc2cc(C(F)(F)F)cc(C(F)(F)F)c2)C(=O)OC)CC1C1CC1. The van der Waals surface area contributed by atoms with Crippen molar-refractivity contribution in [1.29, 1.82) is 0 Å². The monoisotopic (exact) mass is 628 g/mol. The number of rotatable bonds is 6. The first-order valence-electron chi connectivity index (χ1n) is 12.9. The summed E-state index contributed by atoms with van der Waals surface area (Å²) in [5, 5.41) is 0. The largest absolute Gasteiger partial charge is 0.573 e. The topological polar surface area (TPSA) is 68.3 Å². The predicted octanol–water partition coefficient (Wildman–Crippen LogP) is 8.08. The Labute approximate surface area is 239 Å². The van der Waals surface area contributed by atoms with Gasteiger partial charge in [0.15, 0.2) is 0 Å². The van der Waals surface area contributed by atoms with E-state index in [1.165, 1.54) is 4.90 Å². The van der Waals surface area contributed by atoms with E-state index in [9.17, 15) is 49.1 Å². The molecule has 0 spiro atoms. The molecule has 7 nitrogen and oxygen atoms in total. The number of fused-ring (bicyclic) bond motifs is 1. The molecular weight excluding hydrogens is 603 g/mol. The van der Waals surface area contributed by atoms with Gasteiger partial charge in [-0.05, 0) is 74.1 Å². The Bertz CT molecular complexity index is 1320. The number of amides is 2. The number of anilines is 1. The molecule has 236 valence electrons. The normalized spacial score (nSPS) is 19.0. The van der Waals surface area contributed by atoms with Crippen molar-refractivity contribution in [2.24, 2.45) is 5.92 Å². The van der Waals surface area contributed by atoms with Crippen LogP contribution >= 0.6 is 0 Å². The Morgan fingerprint density at radius 2 is 1.53 bits per heavy atom. The zero-order valence-electron chi connectivity index (χ0n) is 22.6. The second kappa shape index (κ2) is 11.7. The summed E-state index contributed by atoms with van der Waals surface area (Å²) in [6.07, 6.45) is -16.3. The Hall–Kier alpha value is -3.85. The summed E-state index contributed by atoms with van der Waals surface area (Å²) in [7, 11) is 0.929. The minimum Gasteiger partial charge on any atom is -0.453 e. The van der Waals surface area contributed by atoms with Crippen molar-refractivity contribution >= 4 is 17.9 Å². The third-order valence-electron chi connectivity index (χ3n) is 7.06. The van der Waals surface area contributed by atoms with Crippen molar-refractivity contribution in [2.45, 2.75) is 63.5 Å². The van der Waals surface area contributed by atoms with Crippen molar-refractivity contribution in [3.8, 4) is 5.75 Å². The zero-order chi connectivity index (χ0) is 31.9. The van der Waals surface area contributed by atoms with Gasteiger partial charge >= 0.3 is 30.9 Å². The first-order chi connectivity index (χ1) is 19.9. The van der Waals surface area contributed by atoms with Gasteiger partial charge in [-0.15, -0.1) is 13.2 Å². The molecule has 16 heteroatoms. The van der Waals surface area contributed by atoms with Crippen molar-refractivity contribution in [2.75, 3.05) is 18.6 Å². The number of hydrogen-bond acceptors (Lipinski definition) is 5. The Morgan fingerprint density at radius 1 is 0.930 bits per heavy atom. The van der Waals surface area contributed by atoms with Gasteiger partial charge in [0.05, 0.1) is 36.6 Å².